The summed E-state index contributed by atoms with van der Waals surface area (Å²) < 4.78 is 0. The number of nitrogens with one attached hydrogen (secondary N) is 3. The van der Waals surface area contributed by atoms with Crippen molar-refractivity contribution in [2.24, 2.45) is 0 Å². The lowest BCUT2D eigenvalue weighted by Crippen LogP contribution is -2.26. The number of nitrogens with zero attached hydrogens (tertiary/aromatic N) is 1. The lowest BCUT2D eigenvalue weighted by atomic mass is 10.3. The standard InChI is InChI=1S/C8H16N4/c1-9-6-7-10-4-2-8-3-5-11-12-8/h3,5,9-10H,2,4,6-7H2,1H3,(H,11,12). The van der Waals surface area contributed by atoms with E-state index in [0.717, 1.165) is 26.1 Å². The molecule has 0 amide bonds. The van der Waals surface area contributed by atoms with E-state index in [1.807, 2.05) is 13.1 Å². The lowest BCUT2D eigenvalue weighted by Gasteiger charge is -2.01. The van der Waals surface area contributed by atoms with Crippen molar-refractivity contribution in [2.75, 3.05) is 26.7 Å². The highest BCUT2D eigenvalue weighted by Crippen LogP contribution is 1.90. The van der Waals surface area contributed by atoms with E-state index >= 15 is 0 Å². The molecule has 4 heteroatoms. The van der Waals surface area contributed by atoms with E-state index in [4.69, 9.17) is 0 Å². The molecule has 0 aromatic carbocycles. The minimum atomic E-state index is 1.00. The first-order valence-corrected chi connectivity index (χ1v) is 4.27. The first-order valence-electron chi connectivity index (χ1n) is 4.27. The molecule has 0 radical (unpaired) electrons. The van der Waals surface area contributed by atoms with Gasteiger partial charge in [-0.1, -0.05) is 0 Å². The van der Waals surface area contributed by atoms with Gasteiger partial charge in [0, 0.05) is 37.9 Å². The Labute approximate surface area is 72.8 Å². The summed E-state index contributed by atoms with van der Waals surface area (Å²) in [7, 11) is 1.95. The SMILES string of the molecule is CNCCNCCc1ccn[nH]1. The number of aromatic amines is 1. The molecule has 1 aromatic rings. The van der Waals surface area contributed by atoms with Crippen molar-refractivity contribution in [1.82, 2.24) is 20.8 Å². The Morgan fingerprint density at radius 3 is 3.00 bits per heavy atom. The molecule has 3 N–H and O–H groups in total. The van der Waals surface area contributed by atoms with E-state index in [1.165, 1.54) is 5.69 Å². The number of H-pyrrole nitrogens is 1. The van der Waals surface area contributed by atoms with Crippen LogP contribution < -0.4 is 10.6 Å². The molecule has 0 aliphatic rings. The Morgan fingerprint density at radius 2 is 2.33 bits per heavy atom. The van der Waals surface area contributed by atoms with Gasteiger partial charge < -0.3 is 10.6 Å². The maximum Gasteiger partial charge on any atom is 0.0490 e. The van der Waals surface area contributed by atoms with Crippen LogP contribution in [-0.2, 0) is 6.42 Å². The first kappa shape index (κ1) is 9.22. The van der Waals surface area contributed by atoms with Gasteiger partial charge in [-0.2, -0.15) is 5.10 Å². The molecular weight excluding hydrogens is 152 g/mol. The van der Waals surface area contributed by atoms with Gasteiger partial charge in [0.05, 0.1) is 0 Å². The van der Waals surface area contributed by atoms with Crippen molar-refractivity contribution in [3.8, 4) is 0 Å². The van der Waals surface area contributed by atoms with Crippen LogP contribution in [0.5, 0.6) is 0 Å². The predicted molar refractivity (Wildman–Crippen MR) is 49.1 cm³/mol. The highest BCUT2D eigenvalue weighted by atomic mass is 15.1. The van der Waals surface area contributed by atoms with Crippen LogP contribution in [0.2, 0.25) is 0 Å². The second-order valence-corrected chi connectivity index (χ2v) is 2.69. The predicted octanol–water partition coefficient (Wildman–Crippen LogP) is -0.239. The molecule has 0 aliphatic carbocycles. The quantitative estimate of drug-likeness (QED) is 0.514. The fourth-order valence-electron chi connectivity index (χ4n) is 0.985. The molecule has 0 aliphatic heterocycles. The van der Waals surface area contributed by atoms with Crippen LogP contribution in [0.25, 0.3) is 0 Å². The van der Waals surface area contributed by atoms with E-state index in [9.17, 15) is 0 Å². The largest absolute Gasteiger partial charge is 0.318 e. The summed E-state index contributed by atoms with van der Waals surface area (Å²) in [4.78, 5) is 0. The van der Waals surface area contributed by atoms with Gasteiger partial charge in [-0.05, 0) is 13.1 Å². The van der Waals surface area contributed by atoms with Crippen molar-refractivity contribution in [1.29, 1.82) is 0 Å². The van der Waals surface area contributed by atoms with E-state index < -0.39 is 0 Å². The Hall–Kier alpha value is -0.870. The molecule has 0 saturated heterocycles. The average molecular weight is 168 g/mol. The Balaban J connectivity index is 1.96. The second kappa shape index (κ2) is 5.74. The van der Waals surface area contributed by atoms with Crippen molar-refractivity contribution >= 4 is 0 Å². The van der Waals surface area contributed by atoms with Crippen molar-refractivity contribution in [3.05, 3.63) is 18.0 Å². The van der Waals surface area contributed by atoms with Crippen LogP contribution in [0.3, 0.4) is 0 Å². The second-order valence-electron chi connectivity index (χ2n) is 2.69. The molecule has 0 fully saturated rings. The minimum Gasteiger partial charge on any atom is -0.318 e. The van der Waals surface area contributed by atoms with E-state index in [0.29, 0.717) is 0 Å². The Kier molecular flexibility index (Phi) is 4.41. The molecule has 68 valence electrons. The molecule has 4 nitrogen and oxygen atoms in total. The smallest absolute Gasteiger partial charge is 0.0490 e. The fraction of sp³-hybridized carbons (Fsp3) is 0.625. The van der Waals surface area contributed by atoms with Crippen molar-refractivity contribution in [2.45, 2.75) is 6.42 Å². The van der Waals surface area contributed by atoms with Gasteiger partial charge in [0.2, 0.25) is 0 Å². The maximum atomic E-state index is 3.87. The summed E-state index contributed by atoms with van der Waals surface area (Å²) in [5.41, 5.74) is 1.19. The summed E-state index contributed by atoms with van der Waals surface area (Å²) in [6.07, 6.45) is 2.80. The zero-order valence-corrected chi connectivity index (χ0v) is 7.43. The highest BCUT2D eigenvalue weighted by molar-refractivity contribution is 4.97. The van der Waals surface area contributed by atoms with Gasteiger partial charge in [-0.25, -0.2) is 0 Å². The Bertz CT molecular complexity index is 183. The van der Waals surface area contributed by atoms with Crippen LogP contribution in [-0.4, -0.2) is 36.9 Å². The Morgan fingerprint density at radius 1 is 1.42 bits per heavy atom. The van der Waals surface area contributed by atoms with Gasteiger partial charge in [0.1, 0.15) is 0 Å². The van der Waals surface area contributed by atoms with E-state index in [1.54, 1.807) is 6.20 Å². The summed E-state index contributed by atoms with van der Waals surface area (Å²) in [5.74, 6) is 0. The monoisotopic (exact) mass is 168 g/mol. The van der Waals surface area contributed by atoms with Crippen molar-refractivity contribution in [3.63, 3.8) is 0 Å². The summed E-state index contributed by atoms with van der Waals surface area (Å²) in [5, 5.41) is 13.2. The summed E-state index contributed by atoms with van der Waals surface area (Å²) >= 11 is 0. The van der Waals surface area contributed by atoms with Crippen molar-refractivity contribution < 1.29 is 0 Å². The summed E-state index contributed by atoms with van der Waals surface area (Å²) in [6, 6.07) is 2.00. The molecule has 1 rings (SSSR count). The fourth-order valence-corrected chi connectivity index (χ4v) is 0.985. The van der Waals surface area contributed by atoms with Gasteiger partial charge >= 0.3 is 0 Å². The number of aromatic nitrogens is 2. The highest BCUT2D eigenvalue weighted by Gasteiger charge is 1.91. The first-order chi connectivity index (χ1) is 5.93. The number of likely N-dealkylation sites (N-methyl/N-ethyl adjacent to an activating group) is 1. The molecule has 1 aromatic heterocycles. The van der Waals surface area contributed by atoms with E-state index in [-0.39, 0.29) is 0 Å². The van der Waals surface area contributed by atoms with E-state index in [2.05, 4.69) is 20.8 Å². The third-order valence-electron chi connectivity index (χ3n) is 1.68. The molecule has 0 saturated carbocycles. The molecule has 0 spiro atoms. The normalized spacial score (nSPS) is 10.4. The van der Waals surface area contributed by atoms with Crippen LogP contribution in [0.15, 0.2) is 12.3 Å². The van der Waals surface area contributed by atoms with Crippen LogP contribution in [0.1, 0.15) is 5.69 Å². The maximum absolute atomic E-state index is 3.87. The molecule has 12 heavy (non-hydrogen) atoms. The topological polar surface area (TPSA) is 52.7 Å². The van der Waals surface area contributed by atoms with Gasteiger partial charge in [0.15, 0.2) is 0 Å². The third-order valence-corrected chi connectivity index (χ3v) is 1.68. The summed E-state index contributed by atoms with van der Waals surface area (Å²) in [6.45, 7) is 3.04. The molecule has 0 bridgehead atoms. The molecule has 0 unspecified atom stereocenters. The third kappa shape index (κ3) is 3.50. The molecule has 0 atom stereocenters. The number of hydrogen-bond donors (Lipinski definition) is 3. The minimum absolute atomic E-state index is 1.00. The zero-order chi connectivity index (χ0) is 8.65. The van der Waals surface area contributed by atoms with Gasteiger partial charge in [-0.3, -0.25) is 5.10 Å². The van der Waals surface area contributed by atoms with Gasteiger partial charge in [0.25, 0.3) is 0 Å². The average Bonchev–Trinajstić information content (AvgIpc) is 2.57. The van der Waals surface area contributed by atoms with Crippen LogP contribution in [0, 0.1) is 0 Å². The lowest BCUT2D eigenvalue weighted by molar-refractivity contribution is 0.644. The number of hydrogen-bond acceptors (Lipinski definition) is 3. The zero-order valence-electron chi connectivity index (χ0n) is 7.43. The van der Waals surface area contributed by atoms with Gasteiger partial charge in [-0.15, -0.1) is 0 Å². The van der Waals surface area contributed by atoms with Crippen LogP contribution in [0.4, 0.5) is 0 Å². The van der Waals surface area contributed by atoms with Crippen LogP contribution >= 0.6 is 0 Å². The molecule has 1 heterocycles. The molecular formula is C8H16N4. The number of rotatable bonds is 6.